The molecule has 1 aliphatic heterocycles. The fraction of sp³-hybridized carbons (Fsp3) is 0.125. The molecular weight excluding hydrogens is 290 g/mol. The second-order valence-electron chi connectivity index (χ2n) is 5.10. The van der Waals surface area contributed by atoms with Crippen molar-refractivity contribution in [3.63, 3.8) is 0 Å². The second-order valence-corrected chi connectivity index (χ2v) is 5.10. The topological polar surface area (TPSA) is 74.5 Å². The standard InChI is InChI=1S/C16H13N7/c1-2-8-23-11-22-10-18-14(16(22)20-21-23)15-17-9-13(19-15)12-6-4-3-5-7-12/h1,3-7,9-10H,8,11H2,(H,17,19). The van der Waals surface area contributed by atoms with Gasteiger partial charge in [-0.05, 0) is 5.56 Å². The van der Waals surface area contributed by atoms with E-state index in [9.17, 15) is 0 Å². The average Bonchev–Trinajstić information content (AvgIpc) is 3.22. The molecule has 1 aromatic carbocycles. The molecule has 0 atom stereocenters. The van der Waals surface area contributed by atoms with E-state index in [-0.39, 0.29) is 0 Å². The summed E-state index contributed by atoms with van der Waals surface area (Å²) in [6, 6.07) is 10.0. The maximum atomic E-state index is 5.30. The molecule has 7 heteroatoms. The van der Waals surface area contributed by atoms with Crippen molar-refractivity contribution in [3.8, 4) is 35.1 Å². The zero-order chi connectivity index (χ0) is 15.6. The zero-order valence-electron chi connectivity index (χ0n) is 12.2. The van der Waals surface area contributed by atoms with E-state index in [4.69, 9.17) is 6.42 Å². The minimum atomic E-state index is 0.412. The Morgan fingerprint density at radius 3 is 2.91 bits per heavy atom. The number of aromatic nitrogens is 4. The van der Waals surface area contributed by atoms with Gasteiger partial charge in [0.1, 0.15) is 13.2 Å². The van der Waals surface area contributed by atoms with Crippen LogP contribution in [0.5, 0.6) is 0 Å². The third-order valence-electron chi connectivity index (χ3n) is 3.55. The molecule has 112 valence electrons. The van der Waals surface area contributed by atoms with E-state index >= 15 is 0 Å². The fourth-order valence-electron chi connectivity index (χ4n) is 2.45. The van der Waals surface area contributed by atoms with Gasteiger partial charge in [-0.3, -0.25) is 4.57 Å². The molecule has 3 aromatic rings. The number of nitrogens with one attached hydrogen (secondary N) is 1. The van der Waals surface area contributed by atoms with Gasteiger partial charge in [0.15, 0.2) is 17.3 Å². The summed E-state index contributed by atoms with van der Waals surface area (Å²) in [4.78, 5) is 12.1. The number of rotatable bonds is 3. The Morgan fingerprint density at radius 2 is 2.09 bits per heavy atom. The molecule has 1 aliphatic rings. The van der Waals surface area contributed by atoms with Gasteiger partial charge in [-0.15, -0.1) is 11.5 Å². The smallest absolute Gasteiger partial charge is 0.189 e. The van der Waals surface area contributed by atoms with Crippen LogP contribution in [0.1, 0.15) is 0 Å². The van der Waals surface area contributed by atoms with Gasteiger partial charge in [-0.25, -0.2) is 15.0 Å². The maximum absolute atomic E-state index is 5.30. The number of benzene rings is 1. The minimum absolute atomic E-state index is 0.412. The van der Waals surface area contributed by atoms with Gasteiger partial charge in [0.2, 0.25) is 0 Å². The highest BCUT2D eigenvalue weighted by Gasteiger charge is 2.20. The van der Waals surface area contributed by atoms with E-state index in [0.717, 1.165) is 11.3 Å². The molecule has 1 N–H and O–H groups in total. The predicted octanol–water partition coefficient (Wildman–Crippen LogP) is 2.85. The van der Waals surface area contributed by atoms with Crippen LogP contribution in [0, 0.1) is 12.3 Å². The molecule has 0 aliphatic carbocycles. The van der Waals surface area contributed by atoms with Crippen LogP contribution in [0.3, 0.4) is 0 Å². The summed E-state index contributed by atoms with van der Waals surface area (Å²) in [6.45, 7) is 0.942. The van der Waals surface area contributed by atoms with Crippen molar-refractivity contribution in [1.29, 1.82) is 0 Å². The molecule has 23 heavy (non-hydrogen) atoms. The number of fused-ring (bicyclic) bond motifs is 1. The van der Waals surface area contributed by atoms with Crippen molar-refractivity contribution in [2.75, 3.05) is 6.54 Å². The third kappa shape index (κ3) is 2.36. The molecule has 7 nitrogen and oxygen atoms in total. The quantitative estimate of drug-likeness (QED) is 0.756. The number of terminal acetylenes is 1. The Kier molecular flexibility index (Phi) is 3.13. The van der Waals surface area contributed by atoms with Crippen LogP contribution in [0.4, 0.5) is 5.82 Å². The van der Waals surface area contributed by atoms with Crippen LogP contribution in [0.25, 0.3) is 22.8 Å². The summed E-state index contributed by atoms with van der Waals surface area (Å²) >= 11 is 0. The second kappa shape index (κ2) is 5.42. The molecule has 0 saturated carbocycles. The summed E-state index contributed by atoms with van der Waals surface area (Å²) in [6.07, 6.45) is 8.81. The van der Waals surface area contributed by atoms with Gasteiger partial charge in [-0.1, -0.05) is 41.5 Å². The molecule has 3 heterocycles. The van der Waals surface area contributed by atoms with E-state index in [2.05, 4.69) is 31.2 Å². The molecule has 0 saturated heterocycles. The number of hydrogen-bond acceptors (Lipinski definition) is 5. The third-order valence-corrected chi connectivity index (χ3v) is 3.55. The zero-order valence-corrected chi connectivity index (χ0v) is 12.2. The first-order chi connectivity index (χ1) is 11.3. The lowest BCUT2D eigenvalue weighted by atomic mass is 10.2. The molecule has 0 fully saturated rings. The molecule has 4 rings (SSSR count). The summed E-state index contributed by atoms with van der Waals surface area (Å²) in [5.41, 5.74) is 2.68. The number of aromatic amines is 1. The lowest BCUT2D eigenvalue weighted by Gasteiger charge is -2.19. The maximum Gasteiger partial charge on any atom is 0.189 e. The summed E-state index contributed by atoms with van der Waals surface area (Å²) in [5, 5.41) is 9.99. The number of nitrogens with zero attached hydrogens (tertiary/aromatic N) is 6. The Bertz CT molecular complexity index is 898. The number of H-pyrrole nitrogens is 1. The normalized spacial score (nSPS) is 12.9. The van der Waals surface area contributed by atoms with Crippen molar-refractivity contribution in [3.05, 3.63) is 42.9 Å². The highest BCUT2D eigenvalue weighted by molar-refractivity contribution is 5.68. The van der Waals surface area contributed by atoms with Gasteiger partial charge in [0.05, 0.1) is 18.2 Å². The minimum Gasteiger partial charge on any atom is -0.337 e. The van der Waals surface area contributed by atoms with Crippen LogP contribution in [0.2, 0.25) is 0 Å². The fourth-order valence-corrected chi connectivity index (χ4v) is 2.45. The highest BCUT2D eigenvalue weighted by Crippen LogP contribution is 2.31. The lowest BCUT2D eigenvalue weighted by Crippen LogP contribution is -2.22. The van der Waals surface area contributed by atoms with E-state index in [1.54, 1.807) is 17.5 Å². The summed E-state index contributed by atoms with van der Waals surface area (Å²) < 4.78 is 1.89. The van der Waals surface area contributed by atoms with Crippen molar-refractivity contribution < 1.29 is 0 Å². The Balaban J connectivity index is 1.67. The SMILES string of the molecule is C#CCN1Cn2cnc(-c3ncc(-c4ccccc4)[nH]3)c2N=N1. The van der Waals surface area contributed by atoms with Crippen molar-refractivity contribution in [1.82, 2.24) is 24.5 Å². The van der Waals surface area contributed by atoms with Gasteiger partial charge < -0.3 is 4.98 Å². The monoisotopic (exact) mass is 303 g/mol. The van der Waals surface area contributed by atoms with Crippen molar-refractivity contribution in [2.24, 2.45) is 10.3 Å². The molecular formula is C16H13N7. The lowest BCUT2D eigenvalue weighted by molar-refractivity contribution is 0.226. The van der Waals surface area contributed by atoms with E-state index in [1.807, 2.05) is 34.9 Å². The molecule has 0 unspecified atom stereocenters. The number of imidazole rings is 2. The van der Waals surface area contributed by atoms with E-state index in [1.165, 1.54) is 0 Å². The molecule has 0 amide bonds. The highest BCUT2D eigenvalue weighted by atomic mass is 15.6. The largest absolute Gasteiger partial charge is 0.337 e. The first-order valence-electron chi connectivity index (χ1n) is 7.11. The van der Waals surface area contributed by atoms with Gasteiger partial charge in [0.25, 0.3) is 0 Å². The van der Waals surface area contributed by atoms with Crippen LogP contribution in [0.15, 0.2) is 53.2 Å². The molecule has 0 radical (unpaired) electrons. The van der Waals surface area contributed by atoms with Crippen LogP contribution < -0.4 is 0 Å². The van der Waals surface area contributed by atoms with Crippen LogP contribution in [-0.4, -0.2) is 31.1 Å². The Hall–Kier alpha value is -3.40. The first-order valence-corrected chi connectivity index (χ1v) is 7.11. The molecule has 0 bridgehead atoms. The van der Waals surface area contributed by atoms with E-state index in [0.29, 0.717) is 30.5 Å². The average molecular weight is 303 g/mol. The van der Waals surface area contributed by atoms with Crippen molar-refractivity contribution >= 4 is 5.82 Å². The van der Waals surface area contributed by atoms with Gasteiger partial charge in [0, 0.05) is 0 Å². The van der Waals surface area contributed by atoms with Crippen LogP contribution in [-0.2, 0) is 6.67 Å². The van der Waals surface area contributed by atoms with Gasteiger partial charge >= 0.3 is 0 Å². The number of hydrogen-bond donors (Lipinski definition) is 1. The van der Waals surface area contributed by atoms with E-state index < -0.39 is 0 Å². The Labute approximate surface area is 132 Å². The van der Waals surface area contributed by atoms with Crippen LogP contribution >= 0.6 is 0 Å². The molecule has 2 aromatic heterocycles. The first kappa shape index (κ1) is 13.3. The summed E-state index contributed by atoms with van der Waals surface area (Å²) in [5.74, 6) is 3.89. The Morgan fingerprint density at radius 1 is 1.22 bits per heavy atom. The summed E-state index contributed by atoms with van der Waals surface area (Å²) in [7, 11) is 0. The molecule has 0 spiro atoms. The predicted molar refractivity (Wildman–Crippen MR) is 85.3 cm³/mol. The van der Waals surface area contributed by atoms with Gasteiger partial charge in [-0.2, -0.15) is 0 Å². The van der Waals surface area contributed by atoms with Crippen molar-refractivity contribution in [2.45, 2.75) is 6.67 Å².